The lowest BCUT2D eigenvalue weighted by Crippen LogP contribution is -2.35. The molecular formula is C21H25FN4O3S. The quantitative estimate of drug-likeness (QED) is 0.754. The first-order chi connectivity index (χ1) is 14.2. The second kappa shape index (κ2) is 9.34. The number of piperidine rings is 1. The van der Waals surface area contributed by atoms with Crippen molar-refractivity contribution < 1.29 is 17.6 Å². The van der Waals surface area contributed by atoms with Crippen LogP contribution >= 0.6 is 0 Å². The van der Waals surface area contributed by atoms with Gasteiger partial charge in [-0.25, -0.2) is 22.8 Å². The van der Waals surface area contributed by atoms with Crippen LogP contribution in [0.25, 0.3) is 0 Å². The van der Waals surface area contributed by atoms with Gasteiger partial charge in [0.25, 0.3) is 5.91 Å². The third kappa shape index (κ3) is 5.63. The number of hydrogen-bond donors (Lipinski definition) is 1. The normalized spacial score (nSPS) is 18.4. The number of halogens is 1. The predicted octanol–water partition coefficient (Wildman–Crippen LogP) is 3.02. The van der Waals surface area contributed by atoms with E-state index in [1.807, 2.05) is 11.0 Å². The van der Waals surface area contributed by atoms with Crippen LogP contribution in [0.4, 0.5) is 10.2 Å². The van der Waals surface area contributed by atoms with Crippen molar-refractivity contribution in [2.24, 2.45) is 0 Å². The lowest BCUT2D eigenvalue weighted by Gasteiger charge is -2.36. The molecule has 0 aliphatic carbocycles. The minimum absolute atomic E-state index is 0.123. The highest BCUT2D eigenvalue weighted by Crippen LogP contribution is 2.34. The molecule has 0 unspecified atom stereocenters. The van der Waals surface area contributed by atoms with E-state index in [0.29, 0.717) is 11.4 Å². The first-order valence-corrected chi connectivity index (χ1v) is 11.7. The lowest BCUT2D eigenvalue weighted by molar-refractivity contribution is 0.0941. The second-order valence-electron chi connectivity index (χ2n) is 7.41. The fourth-order valence-electron chi connectivity index (χ4n) is 3.45. The van der Waals surface area contributed by atoms with Crippen molar-refractivity contribution in [1.82, 2.24) is 15.3 Å². The zero-order valence-electron chi connectivity index (χ0n) is 17.0. The number of nitrogens with zero attached hydrogens (tertiary/aromatic N) is 3. The number of aromatic nitrogens is 2. The molecule has 2 atom stereocenters. The second-order valence-corrected chi connectivity index (χ2v) is 9.34. The Bertz CT molecular complexity index is 1020. The van der Waals surface area contributed by atoms with E-state index in [1.165, 1.54) is 24.5 Å². The van der Waals surface area contributed by atoms with E-state index in [9.17, 15) is 17.6 Å². The summed E-state index contributed by atoms with van der Waals surface area (Å²) in [5, 5.41) is 3.70. The van der Waals surface area contributed by atoms with Gasteiger partial charge in [-0.3, -0.25) is 4.79 Å². The first-order valence-electron chi connectivity index (χ1n) is 9.77. The molecule has 9 heteroatoms. The molecule has 7 nitrogen and oxygen atoms in total. The summed E-state index contributed by atoms with van der Waals surface area (Å²) in [7, 11) is -3.26. The van der Waals surface area contributed by atoms with E-state index in [-0.39, 0.29) is 17.6 Å². The third-order valence-corrected chi connectivity index (χ3v) is 5.56. The average Bonchev–Trinajstić information content (AvgIpc) is 2.72. The van der Waals surface area contributed by atoms with E-state index in [0.717, 1.165) is 37.5 Å². The third-order valence-electron chi connectivity index (χ3n) is 4.91. The van der Waals surface area contributed by atoms with Gasteiger partial charge in [0.05, 0.1) is 18.4 Å². The SMILES string of the molecule is C[C@H](/C=C/S(C)(=O)=O)NC(=O)c1cnc(N2CCCC[C@H]2c2ccccc2F)cn1. The number of carbonyl (C=O) groups excluding carboxylic acids is 1. The predicted molar refractivity (Wildman–Crippen MR) is 113 cm³/mol. The van der Waals surface area contributed by atoms with Gasteiger partial charge in [0.15, 0.2) is 9.84 Å². The maximum atomic E-state index is 14.3. The summed E-state index contributed by atoms with van der Waals surface area (Å²) in [5.74, 6) is -0.108. The Morgan fingerprint density at radius 3 is 2.70 bits per heavy atom. The molecule has 1 aromatic heterocycles. The van der Waals surface area contributed by atoms with Crippen LogP contribution in [0.3, 0.4) is 0 Å². The van der Waals surface area contributed by atoms with Crippen molar-refractivity contribution in [2.45, 2.75) is 38.3 Å². The summed E-state index contributed by atoms with van der Waals surface area (Å²) in [5.41, 5.74) is 0.755. The van der Waals surface area contributed by atoms with Crippen LogP contribution in [0.1, 0.15) is 48.3 Å². The monoisotopic (exact) mass is 432 g/mol. The van der Waals surface area contributed by atoms with E-state index < -0.39 is 21.8 Å². The number of rotatable bonds is 6. The fourth-order valence-corrected chi connectivity index (χ4v) is 3.97. The smallest absolute Gasteiger partial charge is 0.271 e. The highest BCUT2D eigenvalue weighted by Gasteiger charge is 2.27. The van der Waals surface area contributed by atoms with Crippen LogP contribution in [0.5, 0.6) is 0 Å². The Kier molecular flexibility index (Phi) is 6.81. The Morgan fingerprint density at radius 2 is 2.03 bits per heavy atom. The molecule has 0 radical (unpaired) electrons. The van der Waals surface area contributed by atoms with Gasteiger partial charge >= 0.3 is 0 Å². The number of anilines is 1. The molecule has 2 heterocycles. The average molecular weight is 433 g/mol. The van der Waals surface area contributed by atoms with Crippen LogP contribution in [0, 0.1) is 5.82 Å². The van der Waals surface area contributed by atoms with Gasteiger partial charge in [-0.2, -0.15) is 0 Å². The molecule has 1 aromatic carbocycles. The van der Waals surface area contributed by atoms with Gasteiger partial charge in [0, 0.05) is 29.8 Å². The number of carbonyl (C=O) groups is 1. The van der Waals surface area contributed by atoms with Crippen LogP contribution in [0.15, 0.2) is 48.1 Å². The molecule has 1 fully saturated rings. The summed E-state index contributed by atoms with van der Waals surface area (Å²) in [6.07, 6.45) is 8.16. The van der Waals surface area contributed by atoms with Gasteiger partial charge in [-0.05, 0) is 32.3 Å². The molecule has 2 aromatic rings. The van der Waals surface area contributed by atoms with Crippen LogP contribution in [-0.4, -0.2) is 43.1 Å². The minimum Gasteiger partial charge on any atom is -0.348 e. The Labute approximate surface area is 176 Å². The van der Waals surface area contributed by atoms with Gasteiger partial charge in [-0.1, -0.05) is 24.3 Å². The van der Waals surface area contributed by atoms with Crippen molar-refractivity contribution >= 4 is 21.6 Å². The highest BCUT2D eigenvalue weighted by atomic mass is 32.2. The van der Waals surface area contributed by atoms with Crippen molar-refractivity contribution in [2.75, 3.05) is 17.7 Å². The molecule has 0 bridgehead atoms. The van der Waals surface area contributed by atoms with Gasteiger partial charge < -0.3 is 10.2 Å². The van der Waals surface area contributed by atoms with Gasteiger partial charge in [0.1, 0.15) is 17.3 Å². The van der Waals surface area contributed by atoms with Crippen LogP contribution in [-0.2, 0) is 9.84 Å². The number of benzene rings is 1. The zero-order chi connectivity index (χ0) is 21.7. The summed E-state index contributed by atoms with van der Waals surface area (Å²) >= 11 is 0. The van der Waals surface area contributed by atoms with Gasteiger partial charge in [0.2, 0.25) is 0 Å². The molecule has 0 spiro atoms. The Balaban J connectivity index is 1.73. The largest absolute Gasteiger partial charge is 0.348 e. The molecule has 3 rings (SSSR count). The molecular weight excluding hydrogens is 407 g/mol. The molecule has 1 aliphatic rings. The molecule has 1 N–H and O–H groups in total. The summed E-state index contributed by atoms with van der Waals surface area (Å²) in [6, 6.07) is 6.13. The number of hydrogen-bond acceptors (Lipinski definition) is 6. The van der Waals surface area contributed by atoms with Crippen molar-refractivity contribution in [1.29, 1.82) is 0 Å². The molecule has 160 valence electrons. The first kappa shape index (κ1) is 21.9. The molecule has 1 amide bonds. The minimum atomic E-state index is -3.26. The van der Waals surface area contributed by atoms with E-state index in [4.69, 9.17) is 0 Å². The van der Waals surface area contributed by atoms with Crippen molar-refractivity contribution in [3.63, 3.8) is 0 Å². The molecule has 0 saturated carbocycles. The van der Waals surface area contributed by atoms with Crippen molar-refractivity contribution in [3.8, 4) is 0 Å². The molecule has 1 aliphatic heterocycles. The summed E-state index contributed by atoms with van der Waals surface area (Å²) in [6.45, 7) is 2.39. The topological polar surface area (TPSA) is 92.3 Å². The number of amides is 1. The maximum absolute atomic E-state index is 14.3. The van der Waals surface area contributed by atoms with Crippen LogP contribution in [0.2, 0.25) is 0 Å². The standard InChI is InChI=1S/C21H25FN4O3S/c1-15(10-12-30(2,28)29)25-21(27)18-13-24-20(14-23-18)26-11-6-5-9-19(26)16-7-3-4-8-17(16)22/h3-4,7-8,10,12-15,19H,5-6,9,11H2,1-2H3,(H,25,27)/b12-10+/t15-,19+/m1/s1. The molecule has 30 heavy (non-hydrogen) atoms. The summed E-state index contributed by atoms with van der Waals surface area (Å²) in [4.78, 5) is 23.0. The van der Waals surface area contributed by atoms with E-state index >= 15 is 0 Å². The fraction of sp³-hybridized carbons (Fsp3) is 0.381. The van der Waals surface area contributed by atoms with Gasteiger partial charge in [-0.15, -0.1) is 0 Å². The number of sulfone groups is 1. The molecule has 1 saturated heterocycles. The highest BCUT2D eigenvalue weighted by molar-refractivity contribution is 7.93. The van der Waals surface area contributed by atoms with E-state index in [1.54, 1.807) is 19.1 Å². The Morgan fingerprint density at radius 1 is 1.27 bits per heavy atom. The van der Waals surface area contributed by atoms with Crippen molar-refractivity contribution in [3.05, 3.63) is 65.2 Å². The Hall–Kier alpha value is -2.81. The number of nitrogens with one attached hydrogen (secondary N) is 1. The van der Waals surface area contributed by atoms with E-state index in [2.05, 4.69) is 15.3 Å². The lowest BCUT2D eigenvalue weighted by atomic mass is 9.95. The zero-order valence-corrected chi connectivity index (χ0v) is 17.8. The van der Waals surface area contributed by atoms with Crippen LogP contribution < -0.4 is 10.2 Å². The summed E-state index contributed by atoms with van der Waals surface area (Å²) < 4.78 is 36.7. The maximum Gasteiger partial charge on any atom is 0.271 e.